The van der Waals surface area contributed by atoms with Crippen LogP contribution in [0.15, 0.2) is 0 Å². The minimum absolute atomic E-state index is 0.145. The van der Waals surface area contributed by atoms with Crippen LogP contribution in [0.4, 0.5) is 0 Å². The second-order valence-electron chi connectivity index (χ2n) is 4.16. The largest absolute Gasteiger partial charge is 0.374 e. The SMILES string of the molecule is CCOCC(=O)C1(C)CCC(=O)CC1. The molecule has 0 N–H and O–H groups in total. The topological polar surface area (TPSA) is 43.4 Å². The van der Waals surface area contributed by atoms with Crippen LogP contribution in [0.25, 0.3) is 0 Å². The average molecular weight is 198 g/mol. The van der Waals surface area contributed by atoms with Crippen molar-refractivity contribution in [3.63, 3.8) is 0 Å². The van der Waals surface area contributed by atoms with Gasteiger partial charge in [0.05, 0.1) is 0 Å². The van der Waals surface area contributed by atoms with Crippen LogP contribution in [0.2, 0.25) is 0 Å². The lowest BCUT2D eigenvalue weighted by Crippen LogP contribution is -2.35. The Bertz CT molecular complexity index is 223. The Hall–Kier alpha value is -0.700. The summed E-state index contributed by atoms with van der Waals surface area (Å²) in [6.45, 7) is 4.59. The number of carbonyl (C=O) groups excluding carboxylic acids is 2. The molecule has 0 aromatic carbocycles. The molecule has 0 bridgehead atoms. The van der Waals surface area contributed by atoms with Gasteiger partial charge in [0, 0.05) is 24.9 Å². The van der Waals surface area contributed by atoms with E-state index >= 15 is 0 Å². The molecule has 0 radical (unpaired) electrons. The molecular formula is C11H18O3. The molecule has 80 valence electrons. The highest BCUT2D eigenvalue weighted by Crippen LogP contribution is 2.35. The Morgan fingerprint density at radius 3 is 2.50 bits per heavy atom. The summed E-state index contributed by atoms with van der Waals surface area (Å²) < 4.78 is 5.11. The van der Waals surface area contributed by atoms with E-state index in [2.05, 4.69) is 0 Å². The first kappa shape index (κ1) is 11.4. The van der Waals surface area contributed by atoms with Crippen molar-refractivity contribution < 1.29 is 14.3 Å². The fourth-order valence-electron chi connectivity index (χ4n) is 1.73. The summed E-state index contributed by atoms with van der Waals surface area (Å²) in [5, 5.41) is 0. The molecular weight excluding hydrogens is 180 g/mol. The highest BCUT2D eigenvalue weighted by atomic mass is 16.5. The van der Waals surface area contributed by atoms with Gasteiger partial charge in [0.15, 0.2) is 5.78 Å². The van der Waals surface area contributed by atoms with Gasteiger partial charge in [0.2, 0.25) is 0 Å². The fourth-order valence-corrected chi connectivity index (χ4v) is 1.73. The van der Waals surface area contributed by atoms with Crippen molar-refractivity contribution in [2.24, 2.45) is 5.41 Å². The predicted molar refractivity (Wildman–Crippen MR) is 53.1 cm³/mol. The molecule has 0 aliphatic heterocycles. The molecule has 1 saturated carbocycles. The summed E-state index contributed by atoms with van der Waals surface area (Å²) in [7, 11) is 0. The van der Waals surface area contributed by atoms with Gasteiger partial charge < -0.3 is 4.74 Å². The molecule has 3 heteroatoms. The number of hydrogen-bond acceptors (Lipinski definition) is 3. The van der Waals surface area contributed by atoms with Gasteiger partial charge in [-0.05, 0) is 19.8 Å². The minimum Gasteiger partial charge on any atom is -0.374 e. The molecule has 3 nitrogen and oxygen atoms in total. The van der Waals surface area contributed by atoms with Gasteiger partial charge in [-0.1, -0.05) is 6.92 Å². The highest BCUT2D eigenvalue weighted by Gasteiger charge is 2.36. The fraction of sp³-hybridized carbons (Fsp3) is 0.818. The van der Waals surface area contributed by atoms with Crippen molar-refractivity contribution in [1.82, 2.24) is 0 Å². The lowest BCUT2D eigenvalue weighted by molar-refractivity contribution is -0.136. The van der Waals surface area contributed by atoms with Crippen LogP contribution in [-0.4, -0.2) is 24.8 Å². The van der Waals surface area contributed by atoms with Crippen LogP contribution in [0.5, 0.6) is 0 Å². The number of ether oxygens (including phenoxy) is 1. The van der Waals surface area contributed by atoms with E-state index in [9.17, 15) is 9.59 Å². The third kappa shape index (κ3) is 2.64. The standard InChI is InChI=1S/C11H18O3/c1-3-14-8-10(13)11(2)6-4-9(12)5-7-11/h3-8H2,1-2H3. The summed E-state index contributed by atoms with van der Waals surface area (Å²) in [5.41, 5.74) is -0.316. The molecule has 1 fully saturated rings. The molecule has 0 amide bonds. The Kier molecular flexibility index (Phi) is 3.81. The molecule has 1 aliphatic rings. The van der Waals surface area contributed by atoms with E-state index in [1.807, 2.05) is 13.8 Å². The highest BCUT2D eigenvalue weighted by molar-refractivity contribution is 5.89. The number of hydrogen-bond donors (Lipinski definition) is 0. The average Bonchev–Trinajstić information content (AvgIpc) is 2.19. The van der Waals surface area contributed by atoms with Gasteiger partial charge in [-0.15, -0.1) is 0 Å². The van der Waals surface area contributed by atoms with E-state index in [0.717, 1.165) is 0 Å². The third-order valence-electron chi connectivity index (χ3n) is 3.02. The lowest BCUT2D eigenvalue weighted by atomic mass is 9.72. The van der Waals surface area contributed by atoms with Gasteiger partial charge in [0.25, 0.3) is 0 Å². The van der Waals surface area contributed by atoms with Gasteiger partial charge in [-0.2, -0.15) is 0 Å². The monoisotopic (exact) mass is 198 g/mol. The zero-order valence-corrected chi connectivity index (χ0v) is 8.97. The van der Waals surface area contributed by atoms with E-state index in [0.29, 0.717) is 32.3 Å². The molecule has 0 unspecified atom stereocenters. The molecule has 1 aliphatic carbocycles. The van der Waals surface area contributed by atoms with Gasteiger partial charge in [-0.3, -0.25) is 9.59 Å². The lowest BCUT2D eigenvalue weighted by Gasteiger charge is -2.31. The van der Waals surface area contributed by atoms with Crippen molar-refractivity contribution >= 4 is 11.6 Å². The maximum atomic E-state index is 11.7. The molecule has 0 aromatic heterocycles. The molecule has 14 heavy (non-hydrogen) atoms. The second-order valence-corrected chi connectivity index (χ2v) is 4.16. The normalized spacial score (nSPS) is 20.9. The van der Waals surface area contributed by atoms with Crippen molar-refractivity contribution in [3.8, 4) is 0 Å². The molecule has 0 spiro atoms. The Labute approximate surface area is 84.8 Å². The van der Waals surface area contributed by atoms with Gasteiger partial charge in [0.1, 0.15) is 12.4 Å². The molecule has 0 saturated heterocycles. The van der Waals surface area contributed by atoms with E-state index in [4.69, 9.17) is 4.74 Å². The summed E-state index contributed by atoms with van der Waals surface area (Å²) in [4.78, 5) is 22.8. The first-order chi connectivity index (χ1) is 6.58. The van der Waals surface area contributed by atoms with E-state index in [1.165, 1.54) is 0 Å². The smallest absolute Gasteiger partial charge is 0.164 e. The van der Waals surface area contributed by atoms with Crippen molar-refractivity contribution in [3.05, 3.63) is 0 Å². The number of carbonyl (C=O) groups is 2. The van der Waals surface area contributed by atoms with Crippen LogP contribution < -0.4 is 0 Å². The molecule has 0 heterocycles. The van der Waals surface area contributed by atoms with Crippen molar-refractivity contribution in [2.45, 2.75) is 39.5 Å². The first-order valence-electron chi connectivity index (χ1n) is 5.21. The van der Waals surface area contributed by atoms with Gasteiger partial charge in [-0.25, -0.2) is 0 Å². The quantitative estimate of drug-likeness (QED) is 0.691. The van der Waals surface area contributed by atoms with Gasteiger partial charge >= 0.3 is 0 Å². The number of ketones is 2. The first-order valence-corrected chi connectivity index (χ1v) is 5.21. The maximum Gasteiger partial charge on any atom is 0.164 e. The van der Waals surface area contributed by atoms with Crippen LogP contribution >= 0.6 is 0 Å². The summed E-state index contributed by atoms with van der Waals surface area (Å²) >= 11 is 0. The molecule has 0 aromatic rings. The summed E-state index contributed by atoms with van der Waals surface area (Å²) in [6, 6.07) is 0. The van der Waals surface area contributed by atoms with Crippen molar-refractivity contribution in [1.29, 1.82) is 0 Å². The van der Waals surface area contributed by atoms with Crippen LogP contribution in [-0.2, 0) is 14.3 Å². The second kappa shape index (κ2) is 4.69. The van der Waals surface area contributed by atoms with Crippen LogP contribution in [0.1, 0.15) is 39.5 Å². The summed E-state index contributed by atoms with van der Waals surface area (Å²) in [5.74, 6) is 0.429. The third-order valence-corrected chi connectivity index (χ3v) is 3.02. The zero-order valence-electron chi connectivity index (χ0n) is 8.97. The Balaban J connectivity index is 2.48. The Morgan fingerprint density at radius 1 is 1.43 bits per heavy atom. The van der Waals surface area contributed by atoms with E-state index < -0.39 is 0 Å². The molecule has 1 rings (SSSR count). The number of rotatable bonds is 4. The zero-order chi connectivity index (χ0) is 10.6. The summed E-state index contributed by atoms with van der Waals surface area (Å²) in [6.07, 6.45) is 2.48. The molecule has 0 atom stereocenters. The Morgan fingerprint density at radius 2 is 2.00 bits per heavy atom. The minimum atomic E-state index is -0.316. The maximum absolute atomic E-state index is 11.7. The predicted octanol–water partition coefficient (Wildman–Crippen LogP) is 1.74. The van der Waals surface area contributed by atoms with Crippen LogP contribution in [0, 0.1) is 5.41 Å². The van der Waals surface area contributed by atoms with E-state index in [-0.39, 0.29) is 23.6 Å². The number of Topliss-reactive ketones (excluding diaryl/α,β-unsaturated/α-hetero) is 2. The van der Waals surface area contributed by atoms with Crippen molar-refractivity contribution in [2.75, 3.05) is 13.2 Å². The van der Waals surface area contributed by atoms with Crippen LogP contribution in [0.3, 0.4) is 0 Å². The van der Waals surface area contributed by atoms with E-state index in [1.54, 1.807) is 0 Å².